The molecule has 6 nitrogen and oxygen atoms in total. The van der Waals surface area contributed by atoms with Gasteiger partial charge in [0.2, 0.25) is 0 Å². The van der Waals surface area contributed by atoms with E-state index in [4.69, 9.17) is 11.6 Å². The van der Waals surface area contributed by atoms with E-state index in [1.165, 1.54) is 30.5 Å². The average molecular weight is 470 g/mol. The molecule has 0 radical (unpaired) electrons. The van der Waals surface area contributed by atoms with Gasteiger partial charge in [0.25, 0.3) is 15.9 Å². The van der Waals surface area contributed by atoms with E-state index in [0.717, 1.165) is 19.6 Å². The summed E-state index contributed by atoms with van der Waals surface area (Å²) in [6.45, 7) is 3.16. The molecular weight excluding hydrogens is 446 g/mol. The van der Waals surface area contributed by atoms with E-state index in [2.05, 4.69) is 14.9 Å². The highest BCUT2D eigenvalue weighted by atomic mass is 35.5. The van der Waals surface area contributed by atoms with Crippen molar-refractivity contribution in [3.63, 3.8) is 0 Å². The van der Waals surface area contributed by atoms with Crippen LogP contribution in [-0.4, -0.2) is 32.3 Å². The van der Waals surface area contributed by atoms with Crippen LogP contribution in [0.3, 0.4) is 0 Å². The van der Waals surface area contributed by atoms with E-state index in [-0.39, 0.29) is 10.8 Å². The summed E-state index contributed by atoms with van der Waals surface area (Å²) in [6, 6.07) is 20.0. The van der Waals surface area contributed by atoms with Crippen LogP contribution in [0.5, 0.6) is 0 Å². The Labute approximate surface area is 193 Å². The third-order valence-electron chi connectivity index (χ3n) is 5.34. The summed E-state index contributed by atoms with van der Waals surface area (Å²) in [5, 5.41) is 3.33. The topological polar surface area (TPSA) is 78.5 Å². The maximum Gasteiger partial charge on any atom is 0.261 e. The van der Waals surface area contributed by atoms with Crippen molar-refractivity contribution >= 4 is 38.9 Å². The second-order valence-corrected chi connectivity index (χ2v) is 9.89. The van der Waals surface area contributed by atoms with Crippen molar-refractivity contribution in [1.29, 1.82) is 0 Å². The predicted octanol–water partition coefficient (Wildman–Crippen LogP) is 4.99. The monoisotopic (exact) mass is 469 g/mol. The van der Waals surface area contributed by atoms with Gasteiger partial charge >= 0.3 is 0 Å². The molecule has 3 aromatic carbocycles. The summed E-state index contributed by atoms with van der Waals surface area (Å²) >= 11 is 5.83. The molecule has 1 fully saturated rings. The number of halogens is 1. The van der Waals surface area contributed by atoms with Gasteiger partial charge in [-0.3, -0.25) is 14.4 Å². The van der Waals surface area contributed by atoms with Gasteiger partial charge < -0.3 is 5.32 Å². The summed E-state index contributed by atoms with van der Waals surface area (Å²) in [6.07, 6.45) is 2.50. The highest BCUT2D eigenvalue weighted by Gasteiger charge is 2.15. The van der Waals surface area contributed by atoms with Crippen molar-refractivity contribution in [1.82, 2.24) is 4.90 Å². The lowest BCUT2D eigenvalue weighted by molar-refractivity contribution is 0.102. The summed E-state index contributed by atoms with van der Waals surface area (Å²) in [5.74, 6) is -0.243. The number of anilines is 2. The van der Waals surface area contributed by atoms with E-state index in [1.54, 1.807) is 36.4 Å². The van der Waals surface area contributed by atoms with Crippen LogP contribution in [0.15, 0.2) is 77.7 Å². The van der Waals surface area contributed by atoms with Crippen molar-refractivity contribution in [3.8, 4) is 0 Å². The Hall–Kier alpha value is -2.87. The molecule has 32 heavy (non-hydrogen) atoms. The number of likely N-dealkylation sites (tertiary alicyclic amines) is 1. The first-order valence-electron chi connectivity index (χ1n) is 10.4. The number of carbonyl (C=O) groups is 1. The van der Waals surface area contributed by atoms with E-state index in [1.807, 2.05) is 24.3 Å². The summed E-state index contributed by atoms with van der Waals surface area (Å²) in [7, 11) is -3.75. The van der Waals surface area contributed by atoms with Gasteiger partial charge in [-0.25, -0.2) is 8.42 Å². The fraction of sp³-hybridized carbons (Fsp3) is 0.208. The minimum atomic E-state index is -3.75. The molecule has 166 valence electrons. The second-order valence-electron chi connectivity index (χ2n) is 7.77. The van der Waals surface area contributed by atoms with Gasteiger partial charge in [0, 0.05) is 28.5 Å². The van der Waals surface area contributed by atoms with Crippen molar-refractivity contribution in [2.24, 2.45) is 0 Å². The van der Waals surface area contributed by atoms with E-state index < -0.39 is 10.0 Å². The Balaban J connectivity index is 1.37. The zero-order valence-electron chi connectivity index (χ0n) is 17.4. The Kier molecular flexibility index (Phi) is 6.79. The lowest BCUT2D eigenvalue weighted by atomic mass is 10.1. The second kappa shape index (κ2) is 9.73. The molecule has 8 heteroatoms. The number of amides is 1. The quantitative estimate of drug-likeness (QED) is 0.511. The molecule has 3 aromatic rings. The minimum Gasteiger partial charge on any atom is -0.322 e. The van der Waals surface area contributed by atoms with Crippen LogP contribution >= 0.6 is 11.6 Å². The highest BCUT2D eigenvalue weighted by molar-refractivity contribution is 7.92. The third kappa shape index (κ3) is 5.68. The number of hydrogen-bond acceptors (Lipinski definition) is 4. The molecule has 0 spiro atoms. The Morgan fingerprint density at radius 2 is 1.44 bits per heavy atom. The number of sulfonamides is 1. The molecule has 2 N–H and O–H groups in total. The first kappa shape index (κ1) is 22.3. The lowest BCUT2D eigenvalue weighted by Gasteiger charge is -2.14. The SMILES string of the molecule is O=C(Nc1ccc(S(=O)(=O)Nc2ccc(Cl)cc2)cc1)c1ccc(CN2CCCC2)cc1. The first-order valence-corrected chi connectivity index (χ1v) is 12.3. The van der Waals surface area contributed by atoms with E-state index in [9.17, 15) is 13.2 Å². The van der Waals surface area contributed by atoms with Crippen LogP contribution in [0.1, 0.15) is 28.8 Å². The number of rotatable bonds is 7. The molecule has 0 bridgehead atoms. The fourth-order valence-corrected chi connectivity index (χ4v) is 4.80. The van der Waals surface area contributed by atoms with Gasteiger partial charge in [0.15, 0.2) is 0 Å². The Morgan fingerprint density at radius 1 is 0.844 bits per heavy atom. The molecule has 0 aromatic heterocycles. The van der Waals surface area contributed by atoms with Crippen LogP contribution in [0.25, 0.3) is 0 Å². The van der Waals surface area contributed by atoms with Gasteiger partial charge in [0.05, 0.1) is 4.90 Å². The Bertz CT molecular complexity index is 1170. The normalized spacial score (nSPS) is 14.3. The van der Waals surface area contributed by atoms with Crippen LogP contribution in [0.4, 0.5) is 11.4 Å². The van der Waals surface area contributed by atoms with Crippen molar-refractivity contribution in [2.75, 3.05) is 23.1 Å². The van der Waals surface area contributed by atoms with Crippen LogP contribution < -0.4 is 10.0 Å². The molecule has 0 atom stereocenters. The molecule has 0 saturated carbocycles. The highest BCUT2D eigenvalue weighted by Crippen LogP contribution is 2.20. The first-order chi connectivity index (χ1) is 15.4. The van der Waals surface area contributed by atoms with E-state index in [0.29, 0.717) is 22.0 Å². The van der Waals surface area contributed by atoms with Crippen molar-refractivity contribution in [3.05, 3.63) is 88.9 Å². The van der Waals surface area contributed by atoms with Gasteiger partial charge in [-0.05, 0) is 92.2 Å². The number of nitrogens with one attached hydrogen (secondary N) is 2. The molecule has 4 rings (SSSR count). The standard InChI is InChI=1S/C24H24ClN3O3S/c25-20-7-9-22(10-8-20)27-32(30,31)23-13-11-21(12-14-23)26-24(29)19-5-3-18(4-6-19)17-28-15-1-2-16-28/h3-14,27H,1-2,15-17H2,(H,26,29). The maximum absolute atomic E-state index is 12.6. The number of nitrogens with zero attached hydrogens (tertiary/aromatic N) is 1. The van der Waals surface area contributed by atoms with Gasteiger partial charge in [0.1, 0.15) is 0 Å². The summed E-state index contributed by atoms with van der Waals surface area (Å²) in [4.78, 5) is 15.1. The van der Waals surface area contributed by atoms with Gasteiger partial charge in [-0.15, -0.1) is 0 Å². The third-order valence-corrected chi connectivity index (χ3v) is 6.99. The molecule has 0 aliphatic carbocycles. The van der Waals surface area contributed by atoms with Crippen LogP contribution in [0, 0.1) is 0 Å². The molecule has 1 aliphatic heterocycles. The number of hydrogen-bond donors (Lipinski definition) is 2. The van der Waals surface area contributed by atoms with Gasteiger partial charge in [-0.1, -0.05) is 23.7 Å². The molecule has 1 saturated heterocycles. The van der Waals surface area contributed by atoms with Crippen molar-refractivity contribution < 1.29 is 13.2 Å². The van der Waals surface area contributed by atoms with Gasteiger partial charge in [-0.2, -0.15) is 0 Å². The number of benzene rings is 3. The van der Waals surface area contributed by atoms with E-state index >= 15 is 0 Å². The Morgan fingerprint density at radius 3 is 2.06 bits per heavy atom. The largest absolute Gasteiger partial charge is 0.322 e. The minimum absolute atomic E-state index is 0.0942. The van der Waals surface area contributed by atoms with Crippen LogP contribution in [0.2, 0.25) is 5.02 Å². The maximum atomic E-state index is 12.6. The molecule has 0 unspecified atom stereocenters. The fourth-order valence-electron chi connectivity index (χ4n) is 3.61. The smallest absolute Gasteiger partial charge is 0.261 e. The zero-order valence-corrected chi connectivity index (χ0v) is 19.0. The summed E-state index contributed by atoms with van der Waals surface area (Å²) in [5.41, 5.74) is 2.67. The average Bonchev–Trinajstić information content (AvgIpc) is 3.29. The summed E-state index contributed by atoms with van der Waals surface area (Å²) < 4.78 is 27.6. The number of carbonyl (C=O) groups excluding carboxylic acids is 1. The van der Waals surface area contributed by atoms with Crippen molar-refractivity contribution in [2.45, 2.75) is 24.3 Å². The predicted molar refractivity (Wildman–Crippen MR) is 128 cm³/mol. The lowest BCUT2D eigenvalue weighted by Crippen LogP contribution is -2.18. The zero-order chi connectivity index (χ0) is 22.6. The van der Waals surface area contributed by atoms with Crippen LogP contribution in [-0.2, 0) is 16.6 Å². The molecular formula is C24H24ClN3O3S. The molecule has 1 heterocycles. The molecule has 1 aliphatic rings. The molecule has 1 amide bonds.